The normalized spacial score (nSPS) is 20.1. The molecule has 2 rings (SSSR count). The van der Waals surface area contributed by atoms with E-state index in [1.165, 1.54) is 32.2 Å². The summed E-state index contributed by atoms with van der Waals surface area (Å²) < 4.78 is 33.4. The van der Waals surface area contributed by atoms with Crippen LogP contribution in [0.5, 0.6) is 5.75 Å². The molecule has 0 bridgehead atoms. The van der Waals surface area contributed by atoms with Crippen LogP contribution in [0.3, 0.4) is 0 Å². The lowest BCUT2D eigenvalue weighted by molar-refractivity contribution is -0.123. The van der Waals surface area contributed by atoms with Crippen molar-refractivity contribution in [3.63, 3.8) is 0 Å². The van der Waals surface area contributed by atoms with Gasteiger partial charge in [0.15, 0.2) is 0 Å². The average molecular weight is 435 g/mol. The second kappa shape index (κ2) is 9.55. The van der Waals surface area contributed by atoms with Crippen LogP contribution in [0.4, 0.5) is 4.79 Å². The standard InChI is InChI=1S/C17H26N4O5S.ClH/c1-4-5-6-11(10-18)21-27(24,25)12-7-8-14(26-3)13(9-12)17(2)15(22)19-16(23)20-17;/h7-9,11,21H,4-6,10,18H2,1-3H3,(H2,19,20,22,23);1H. The maximum atomic E-state index is 12.8. The van der Waals surface area contributed by atoms with Crippen LogP contribution in [-0.4, -0.2) is 40.1 Å². The molecule has 0 spiro atoms. The van der Waals surface area contributed by atoms with E-state index in [9.17, 15) is 18.0 Å². The van der Waals surface area contributed by atoms with Crippen LogP contribution < -0.4 is 25.8 Å². The van der Waals surface area contributed by atoms with Gasteiger partial charge in [-0.15, -0.1) is 12.4 Å². The SMILES string of the molecule is CCCCC(CN)NS(=O)(=O)c1ccc(OC)c(C2(C)NC(=O)NC2=O)c1.Cl. The van der Waals surface area contributed by atoms with Crippen molar-refractivity contribution in [1.82, 2.24) is 15.4 Å². The van der Waals surface area contributed by atoms with Gasteiger partial charge in [0, 0.05) is 18.2 Å². The summed E-state index contributed by atoms with van der Waals surface area (Å²) in [6.07, 6.45) is 2.41. The van der Waals surface area contributed by atoms with E-state index in [0.717, 1.165) is 12.8 Å². The Hall–Kier alpha value is -1.88. The van der Waals surface area contributed by atoms with Gasteiger partial charge in [0.25, 0.3) is 5.91 Å². The highest BCUT2D eigenvalue weighted by Crippen LogP contribution is 2.34. The number of imide groups is 1. The Morgan fingerprint density at radius 3 is 2.50 bits per heavy atom. The second-order valence-electron chi connectivity index (χ2n) is 6.59. The Morgan fingerprint density at radius 1 is 1.32 bits per heavy atom. The van der Waals surface area contributed by atoms with E-state index in [4.69, 9.17) is 10.5 Å². The van der Waals surface area contributed by atoms with Crippen molar-refractivity contribution in [3.8, 4) is 5.75 Å². The predicted octanol–water partition coefficient (Wildman–Crippen LogP) is 0.967. The zero-order valence-corrected chi connectivity index (χ0v) is 17.7. The smallest absolute Gasteiger partial charge is 0.322 e. The average Bonchev–Trinajstić information content (AvgIpc) is 2.90. The number of rotatable bonds is 9. The van der Waals surface area contributed by atoms with Gasteiger partial charge in [-0.05, 0) is 31.5 Å². The molecule has 3 amide bonds. The number of urea groups is 1. The Morgan fingerprint density at radius 2 is 2.00 bits per heavy atom. The maximum absolute atomic E-state index is 12.8. The monoisotopic (exact) mass is 434 g/mol. The van der Waals surface area contributed by atoms with Gasteiger partial charge in [0.05, 0.1) is 12.0 Å². The molecule has 0 aromatic heterocycles. The third-order valence-electron chi connectivity index (χ3n) is 4.58. The van der Waals surface area contributed by atoms with Crippen LogP contribution in [0.1, 0.15) is 38.7 Å². The number of hydrogen-bond acceptors (Lipinski definition) is 6. The lowest BCUT2D eigenvalue weighted by Crippen LogP contribution is -2.42. The number of unbranched alkanes of at least 4 members (excludes halogenated alkanes) is 1. The number of amides is 3. The summed E-state index contributed by atoms with van der Waals surface area (Å²) in [5.74, 6) is -0.300. The summed E-state index contributed by atoms with van der Waals surface area (Å²) in [7, 11) is -2.47. The summed E-state index contributed by atoms with van der Waals surface area (Å²) in [4.78, 5) is 23.8. The van der Waals surface area contributed by atoms with Gasteiger partial charge in [-0.3, -0.25) is 10.1 Å². The van der Waals surface area contributed by atoms with E-state index in [1.807, 2.05) is 6.92 Å². The third kappa shape index (κ3) is 4.93. The van der Waals surface area contributed by atoms with E-state index in [2.05, 4.69) is 15.4 Å². The van der Waals surface area contributed by atoms with E-state index in [0.29, 0.717) is 6.42 Å². The van der Waals surface area contributed by atoms with Crippen LogP contribution in [-0.2, 0) is 20.4 Å². The molecule has 1 saturated heterocycles. The molecule has 1 aromatic rings. The lowest BCUT2D eigenvalue weighted by atomic mass is 9.91. The second-order valence-corrected chi connectivity index (χ2v) is 8.31. The number of halogens is 1. The van der Waals surface area contributed by atoms with Gasteiger partial charge >= 0.3 is 6.03 Å². The molecule has 158 valence electrons. The summed E-state index contributed by atoms with van der Waals surface area (Å²) in [5, 5.41) is 4.67. The Kier molecular flexibility index (Phi) is 8.24. The molecule has 5 N–H and O–H groups in total. The predicted molar refractivity (Wildman–Crippen MR) is 107 cm³/mol. The molecular formula is C17H27ClN4O5S. The molecule has 11 heteroatoms. The third-order valence-corrected chi connectivity index (χ3v) is 6.10. The Bertz CT molecular complexity index is 833. The van der Waals surface area contributed by atoms with Gasteiger partial charge in [-0.2, -0.15) is 0 Å². The molecule has 0 aliphatic carbocycles. The molecule has 9 nitrogen and oxygen atoms in total. The molecular weight excluding hydrogens is 408 g/mol. The number of sulfonamides is 1. The van der Waals surface area contributed by atoms with Crippen molar-refractivity contribution in [3.05, 3.63) is 23.8 Å². The van der Waals surface area contributed by atoms with Crippen molar-refractivity contribution in [2.75, 3.05) is 13.7 Å². The zero-order valence-electron chi connectivity index (χ0n) is 16.1. The first kappa shape index (κ1) is 24.2. The van der Waals surface area contributed by atoms with Gasteiger partial charge in [0.2, 0.25) is 10.0 Å². The molecule has 2 atom stereocenters. The highest BCUT2D eigenvalue weighted by Gasteiger charge is 2.45. The van der Waals surface area contributed by atoms with E-state index >= 15 is 0 Å². The first-order valence-electron chi connectivity index (χ1n) is 8.72. The fraction of sp³-hybridized carbons (Fsp3) is 0.529. The maximum Gasteiger partial charge on any atom is 0.322 e. The molecule has 1 heterocycles. The fourth-order valence-corrected chi connectivity index (χ4v) is 4.25. The van der Waals surface area contributed by atoms with Crippen LogP contribution in [0, 0.1) is 0 Å². The number of nitrogens with one attached hydrogen (secondary N) is 3. The van der Waals surface area contributed by atoms with Gasteiger partial charge < -0.3 is 15.8 Å². The Labute approximate surface area is 171 Å². The van der Waals surface area contributed by atoms with Gasteiger partial charge in [0.1, 0.15) is 11.3 Å². The van der Waals surface area contributed by atoms with Crippen molar-refractivity contribution >= 4 is 34.4 Å². The van der Waals surface area contributed by atoms with Crippen molar-refractivity contribution in [2.45, 2.75) is 49.6 Å². The molecule has 1 fully saturated rings. The van der Waals surface area contributed by atoms with Crippen LogP contribution in [0.2, 0.25) is 0 Å². The quantitative estimate of drug-likeness (QED) is 0.427. The fourth-order valence-electron chi connectivity index (χ4n) is 2.94. The van der Waals surface area contributed by atoms with Crippen molar-refractivity contribution in [1.29, 1.82) is 0 Å². The van der Waals surface area contributed by atoms with Crippen LogP contribution in [0.15, 0.2) is 23.1 Å². The van der Waals surface area contributed by atoms with Crippen LogP contribution >= 0.6 is 12.4 Å². The topological polar surface area (TPSA) is 140 Å². The summed E-state index contributed by atoms with van der Waals surface area (Å²) >= 11 is 0. The first-order valence-corrected chi connectivity index (χ1v) is 10.2. The minimum absolute atomic E-state index is 0. The largest absolute Gasteiger partial charge is 0.496 e. The molecule has 28 heavy (non-hydrogen) atoms. The van der Waals surface area contributed by atoms with Gasteiger partial charge in [-0.25, -0.2) is 17.9 Å². The van der Waals surface area contributed by atoms with E-state index < -0.39 is 27.5 Å². The number of methoxy groups -OCH3 is 1. The number of nitrogens with two attached hydrogens (primary N) is 1. The minimum Gasteiger partial charge on any atom is -0.496 e. The number of ether oxygens (including phenoxy) is 1. The molecule has 1 aliphatic rings. The number of carbonyl (C=O) groups is 2. The van der Waals surface area contributed by atoms with Crippen LogP contribution in [0.25, 0.3) is 0 Å². The molecule has 0 radical (unpaired) electrons. The molecule has 0 saturated carbocycles. The molecule has 2 unspecified atom stereocenters. The van der Waals surface area contributed by atoms with Crippen molar-refractivity contribution < 1.29 is 22.7 Å². The summed E-state index contributed by atoms with van der Waals surface area (Å²) in [5.41, 5.74) is 4.48. The number of hydrogen-bond donors (Lipinski definition) is 4. The highest BCUT2D eigenvalue weighted by atomic mass is 35.5. The summed E-state index contributed by atoms with van der Waals surface area (Å²) in [6, 6.07) is 3.14. The number of benzene rings is 1. The van der Waals surface area contributed by atoms with Crippen molar-refractivity contribution in [2.24, 2.45) is 5.73 Å². The van der Waals surface area contributed by atoms with E-state index in [1.54, 1.807) is 0 Å². The summed E-state index contributed by atoms with van der Waals surface area (Å²) in [6.45, 7) is 3.68. The Balaban J connectivity index is 0.00000392. The lowest BCUT2D eigenvalue weighted by Gasteiger charge is -2.24. The van der Waals surface area contributed by atoms with E-state index in [-0.39, 0.29) is 41.2 Å². The number of carbonyl (C=O) groups excluding carboxylic acids is 2. The molecule has 1 aromatic carbocycles. The first-order chi connectivity index (χ1) is 12.7. The molecule has 1 aliphatic heterocycles. The van der Waals surface area contributed by atoms with Gasteiger partial charge in [-0.1, -0.05) is 19.8 Å². The highest BCUT2D eigenvalue weighted by molar-refractivity contribution is 7.89. The zero-order chi connectivity index (χ0) is 20.2. The minimum atomic E-state index is -3.87.